The second-order valence-electron chi connectivity index (χ2n) is 7.28. The highest BCUT2D eigenvalue weighted by Gasteiger charge is 2.22. The summed E-state index contributed by atoms with van der Waals surface area (Å²) in [6.07, 6.45) is 5.95. The number of hydrogen-bond acceptors (Lipinski definition) is 4. The molecule has 1 fully saturated rings. The Balaban J connectivity index is 0.000000367. The molecule has 6 nitrogen and oxygen atoms in total. The van der Waals surface area contributed by atoms with Crippen molar-refractivity contribution in [3.8, 4) is 11.5 Å². The largest absolute Gasteiger partial charge is 0.497 e. The van der Waals surface area contributed by atoms with Crippen molar-refractivity contribution in [2.24, 2.45) is 15.9 Å². The number of hydrogen-bond donors (Lipinski definition) is 0. The monoisotopic (exact) mass is 426 g/mol. The zero-order chi connectivity index (χ0) is 21.5. The van der Waals surface area contributed by atoms with Crippen LogP contribution < -0.4 is 9.47 Å². The fourth-order valence-electron chi connectivity index (χ4n) is 3.43. The van der Waals surface area contributed by atoms with Gasteiger partial charge < -0.3 is 9.47 Å². The van der Waals surface area contributed by atoms with Crippen molar-refractivity contribution in [3.63, 3.8) is 0 Å². The summed E-state index contributed by atoms with van der Waals surface area (Å²) >= 11 is 0. The van der Waals surface area contributed by atoms with Crippen molar-refractivity contribution in [1.29, 1.82) is 0 Å². The number of rotatable bonds is 4. The van der Waals surface area contributed by atoms with Gasteiger partial charge in [0.15, 0.2) is 0 Å². The molecule has 1 aliphatic carbocycles. The van der Waals surface area contributed by atoms with Gasteiger partial charge in [-0.3, -0.25) is 0 Å². The van der Waals surface area contributed by atoms with E-state index in [1.165, 1.54) is 25.7 Å². The number of ether oxygens (including phenoxy) is 2. The smallest absolute Gasteiger partial charge is 0.277 e. The quantitative estimate of drug-likeness (QED) is 0.688. The molecule has 0 saturated heterocycles. The summed E-state index contributed by atoms with van der Waals surface area (Å²) in [6.45, 7) is 2.34. The van der Waals surface area contributed by atoms with E-state index in [2.05, 4.69) is 16.9 Å². The molecule has 0 aromatic heterocycles. The fourth-order valence-corrected chi connectivity index (χ4v) is 3.76. The highest BCUT2D eigenvalue weighted by Crippen LogP contribution is 2.23. The van der Waals surface area contributed by atoms with Crippen LogP contribution in [-0.4, -0.2) is 39.2 Å². The molecule has 0 N–H and O–H groups in total. The van der Waals surface area contributed by atoms with E-state index in [-0.39, 0.29) is 5.11 Å². The van der Waals surface area contributed by atoms with E-state index in [9.17, 15) is 8.42 Å². The van der Waals surface area contributed by atoms with Gasteiger partial charge in [-0.05, 0) is 54.4 Å². The first kappa shape index (κ1) is 21.8. The van der Waals surface area contributed by atoms with Gasteiger partial charge in [-0.15, -0.1) is 0 Å². The predicted molar refractivity (Wildman–Crippen MR) is 121 cm³/mol. The normalized spacial score (nSPS) is 15.8. The number of benzene rings is 2. The SMILES string of the molecule is CC1CCCC1.COc1ccc(C2=NC(=S(=O)=O)N=C2c2ccc(OC)cc2)cc1. The van der Waals surface area contributed by atoms with Gasteiger partial charge in [0.1, 0.15) is 22.9 Å². The van der Waals surface area contributed by atoms with Gasteiger partial charge in [-0.2, -0.15) is 8.42 Å². The van der Waals surface area contributed by atoms with Crippen LogP contribution in [-0.2, 0) is 10.3 Å². The molecule has 158 valence electrons. The van der Waals surface area contributed by atoms with Gasteiger partial charge >= 0.3 is 0 Å². The third-order valence-corrected chi connectivity index (χ3v) is 5.64. The van der Waals surface area contributed by atoms with E-state index >= 15 is 0 Å². The molecule has 1 aliphatic heterocycles. The van der Waals surface area contributed by atoms with Crippen molar-refractivity contribution in [2.45, 2.75) is 32.6 Å². The summed E-state index contributed by atoms with van der Waals surface area (Å²) in [4.78, 5) is 8.32. The summed E-state index contributed by atoms with van der Waals surface area (Å²) in [5.41, 5.74) is 2.51. The zero-order valence-electron chi connectivity index (χ0n) is 17.5. The molecular weight excluding hydrogens is 400 g/mol. The highest BCUT2D eigenvalue weighted by molar-refractivity contribution is 7.73. The Morgan fingerprint density at radius 1 is 0.767 bits per heavy atom. The summed E-state index contributed by atoms with van der Waals surface area (Å²) in [5, 5.41) is -0.230. The number of nitrogens with zero attached hydrogens (tertiary/aromatic N) is 2. The van der Waals surface area contributed by atoms with Crippen molar-refractivity contribution in [1.82, 2.24) is 0 Å². The first-order valence-corrected chi connectivity index (χ1v) is 11.0. The molecule has 2 aromatic carbocycles. The average molecular weight is 427 g/mol. The van der Waals surface area contributed by atoms with Crippen LogP contribution in [0.4, 0.5) is 0 Å². The van der Waals surface area contributed by atoms with Crippen molar-refractivity contribution >= 4 is 26.8 Å². The highest BCUT2D eigenvalue weighted by atomic mass is 32.2. The minimum atomic E-state index is -2.50. The van der Waals surface area contributed by atoms with Crippen LogP contribution in [0.5, 0.6) is 11.5 Å². The van der Waals surface area contributed by atoms with Gasteiger partial charge in [-0.25, -0.2) is 9.98 Å². The standard InChI is InChI=1S/C17H14N2O4S.C6H12/c1-22-13-7-3-11(4-8-13)15-16(19-17(18-15)24(20)21)12-5-9-14(23-2)10-6-12;1-6-4-2-3-5-6/h3-10H,1-2H3;6H,2-5H2,1H3. The minimum Gasteiger partial charge on any atom is -0.497 e. The van der Waals surface area contributed by atoms with E-state index < -0.39 is 10.3 Å². The predicted octanol–water partition coefficient (Wildman–Crippen LogP) is 4.16. The van der Waals surface area contributed by atoms with Crippen molar-refractivity contribution < 1.29 is 17.9 Å². The molecule has 4 rings (SSSR count). The number of aliphatic imine (C=N–C) groups is 2. The lowest BCUT2D eigenvalue weighted by atomic mass is 10.00. The van der Waals surface area contributed by atoms with Crippen molar-refractivity contribution in [3.05, 3.63) is 59.7 Å². The van der Waals surface area contributed by atoms with Crippen LogP contribution in [0.2, 0.25) is 0 Å². The van der Waals surface area contributed by atoms with E-state index in [0.717, 1.165) is 17.0 Å². The van der Waals surface area contributed by atoms with Crippen LogP contribution in [0.25, 0.3) is 0 Å². The Bertz CT molecular complexity index is 990. The maximum absolute atomic E-state index is 11.3. The Morgan fingerprint density at radius 2 is 1.17 bits per heavy atom. The molecule has 1 saturated carbocycles. The molecule has 0 atom stereocenters. The molecule has 0 amide bonds. The molecule has 2 aliphatic rings. The first-order valence-electron chi connectivity index (χ1n) is 9.94. The lowest BCUT2D eigenvalue weighted by molar-refractivity contribution is 0.414. The van der Waals surface area contributed by atoms with Crippen molar-refractivity contribution in [2.75, 3.05) is 14.2 Å². The zero-order valence-corrected chi connectivity index (χ0v) is 18.3. The Hall–Kier alpha value is -2.93. The van der Waals surface area contributed by atoms with E-state index in [4.69, 9.17) is 9.47 Å². The lowest BCUT2D eigenvalue weighted by Crippen LogP contribution is -2.13. The molecule has 0 bridgehead atoms. The molecule has 7 heteroatoms. The van der Waals surface area contributed by atoms with Crippen LogP contribution in [0.1, 0.15) is 43.7 Å². The third kappa shape index (κ3) is 5.36. The van der Waals surface area contributed by atoms with Crippen LogP contribution in [0.3, 0.4) is 0 Å². The summed E-state index contributed by atoms with van der Waals surface area (Å²) < 4.78 is 32.8. The summed E-state index contributed by atoms with van der Waals surface area (Å²) in [5.74, 6) is 2.46. The Labute approximate surface area is 178 Å². The average Bonchev–Trinajstić information content (AvgIpc) is 3.44. The summed E-state index contributed by atoms with van der Waals surface area (Å²) in [6, 6.07) is 14.4. The van der Waals surface area contributed by atoms with Gasteiger partial charge in [0.05, 0.1) is 14.2 Å². The maximum atomic E-state index is 11.3. The molecule has 0 spiro atoms. The van der Waals surface area contributed by atoms with Gasteiger partial charge in [-0.1, -0.05) is 32.6 Å². The summed E-state index contributed by atoms with van der Waals surface area (Å²) in [7, 11) is 0.665. The molecule has 0 unspecified atom stereocenters. The van der Waals surface area contributed by atoms with Crippen LogP contribution in [0, 0.1) is 5.92 Å². The van der Waals surface area contributed by atoms with Gasteiger partial charge in [0.25, 0.3) is 15.4 Å². The second-order valence-corrected chi connectivity index (χ2v) is 8.12. The molecule has 30 heavy (non-hydrogen) atoms. The maximum Gasteiger partial charge on any atom is 0.277 e. The third-order valence-electron chi connectivity index (χ3n) is 5.16. The Kier molecular flexibility index (Phi) is 7.41. The van der Waals surface area contributed by atoms with E-state index in [0.29, 0.717) is 22.9 Å². The topological polar surface area (TPSA) is 77.3 Å². The van der Waals surface area contributed by atoms with E-state index in [1.54, 1.807) is 38.5 Å². The van der Waals surface area contributed by atoms with Crippen LogP contribution >= 0.6 is 0 Å². The number of methoxy groups -OCH3 is 2. The lowest BCUT2D eigenvalue weighted by Gasteiger charge is -2.07. The first-order chi connectivity index (χ1) is 14.5. The molecule has 0 radical (unpaired) electrons. The molecule has 2 aromatic rings. The second kappa shape index (κ2) is 10.2. The van der Waals surface area contributed by atoms with E-state index in [1.807, 2.05) is 24.3 Å². The van der Waals surface area contributed by atoms with Crippen LogP contribution in [0.15, 0.2) is 58.5 Å². The van der Waals surface area contributed by atoms with Gasteiger partial charge in [0, 0.05) is 11.1 Å². The fraction of sp³-hybridized carbons (Fsp3) is 0.348. The molecule has 1 heterocycles. The van der Waals surface area contributed by atoms with Gasteiger partial charge in [0.2, 0.25) is 0 Å². The molecular formula is C23H26N2O4S. The minimum absolute atomic E-state index is 0.230. The Morgan fingerprint density at radius 3 is 1.43 bits per heavy atom.